The Morgan fingerprint density at radius 2 is 1.48 bits per heavy atom. The van der Waals surface area contributed by atoms with Gasteiger partial charge in [0.05, 0.1) is 0 Å². The van der Waals surface area contributed by atoms with E-state index >= 15 is 0 Å². The highest BCUT2D eigenvalue weighted by atomic mass is 16.2. The fourth-order valence-electron chi connectivity index (χ4n) is 3.84. The average Bonchev–Trinajstić information content (AvgIpc) is 3.06. The average molecular weight is 334 g/mol. The Morgan fingerprint density at radius 1 is 0.880 bits per heavy atom. The minimum absolute atomic E-state index is 0.278. The molecule has 4 rings (SSSR count). The van der Waals surface area contributed by atoms with Gasteiger partial charge in [-0.15, -0.1) is 6.58 Å². The molecule has 2 aromatic rings. The van der Waals surface area contributed by atoms with Crippen LogP contribution in [0.15, 0.2) is 73.3 Å². The van der Waals surface area contributed by atoms with Crippen molar-refractivity contribution in [3.05, 3.63) is 84.4 Å². The van der Waals surface area contributed by atoms with Crippen molar-refractivity contribution in [3.63, 3.8) is 0 Å². The van der Waals surface area contributed by atoms with Crippen LogP contribution in [0.3, 0.4) is 0 Å². The first-order valence-electron chi connectivity index (χ1n) is 8.06. The number of rotatable bonds is 4. The SMILES string of the molecule is C=CCN1C(=O)NC2(c3ccccc3)NC(=O)NC12c1ccccc1. The molecule has 126 valence electrons. The third-order valence-electron chi connectivity index (χ3n) is 4.79. The van der Waals surface area contributed by atoms with Crippen LogP contribution in [0.2, 0.25) is 0 Å². The lowest BCUT2D eigenvalue weighted by atomic mass is 9.82. The summed E-state index contributed by atoms with van der Waals surface area (Å²) >= 11 is 0. The lowest BCUT2D eigenvalue weighted by Crippen LogP contribution is -2.61. The third-order valence-corrected chi connectivity index (χ3v) is 4.79. The Bertz CT molecular complexity index is 839. The number of hydrogen-bond acceptors (Lipinski definition) is 2. The van der Waals surface area contributed by atoms with E-state index in [2.05, 4.69) is 22.5 Å². The van der Waals surface area contributed by atoms with Gasteiger partial charge in [0, 0.05) is 17.7 Å². The Hall–Kier alpha value is -3.28. The number of benzene rings is 2. The number of fused-ring (bicyclic) bond motifs is 1. The van der Waals surface area contributed by atoms with Crippen LogP contribution in [0, 0.1) is 0 Å². The zero-order valence-electron chi connectivity index (χ0n) is 13.5. The van der Waals surface area contributed by atoms with E-state index < -0.39 is 11.3 Å². The van der Waals surface area contributed by atoms with E-state index in [4.69, 9.17) is 0 Å². The fraction of sp³-hybridized carbons (Fsp3) is 0.158. The summed E-state index contributed by atoms with van der Waals surface area (Å²) in [5.41, 5.74) is -0.625. The lowest BCUT2D eigenvalue weighted by molar-refractivity contribution is 0.0916. The second kappa shape index (κ2) is 5.37. The normalized spacial score (nSPS) is 27.3. The molecule has 2 heterocycles. The largest absolute Gasteiger partial charge is 0.322 e. The van der Waals surface area contributed by atoms with Crippen molar-refractivity contribution >= 4 is 12.1 Å². The molecule has 2 unspecified atom stereocenters. The van der Waals surface area contributed by atoms with Gasteiger partial charge in [-0.25, -0.2) is 9.59 Å². The van der Waals surface area contributed by atoms with Crippen LogP contribution in [0.5, 0.6) is 0 Å². The Morgan fingerprint density at radius 3 is 2.08 bits per heavy atom. The van der Waals surface area contributed by atoms with E-state index in [0.717, 1.165) is 11.1 Å². The molecular formula is C19H18N4O2. The summed E-state index contributed by atoms with van der Waals surface area (Å²) < 4.78 is 0. The number of hydrogen-bond donors (Lipinski definition) is 3. The van der Waals surface area contributed by atoms with Crippen molar-refractivity contribution in [2.45, 2.75) is 11.3 Å². The van der Waals surface area contributed by atoms with Crippen molar-refractivity contribution < 1.29 is 9.59 Å². The molecule has 25 heavy (non-hydrogen) atoms. The molecule has 0 radical (unpaired) electrons. The summed E-state index contributed by atoms with van der Waals surface area (Å²) in [7, 11) is 0. The zero-order chi connectivity index (χ0) is 17.5. The molecule has 6 heteroatoms. The molecule has 2 aliphatic heterocycles. The molecule has 6 nitrogen and oxygen atoms in total. The topological polar surface area (TPSA) is 73.5 Å². The standard InChI is InChI=1S/C19H18N4O2/c1-2-13-23-17(25)22-18(14-9-5-3-6-10-14)19(23,21-16(24)20-18)15-11-7-4-8-12-15/h2-12H,1,13H2,(H,22,25)(H2,20,21,24). The second-order valence-corrected chi connectivity index (χ2v) is 6.10. The van der Waals surface area contributed by atoms with Crippen LogP contribution in [0.25, 0.3) is 0 Å². The number of urea groups is 2. The van der Waals surface area contributed by atoms with Gasteiger partial charge in [0.2, 0.25) is 0 Å². The van der Waals surface area contributed by atoms with Crippen molar-refractivity contribution in [1.29, 1.82) is 0 Å². The van der Waals surface area contributed by atoms with E-state index in [0.29, 0.717) is 0 Å². The quantitative estimate of drug-likeness (QED) is 0.750. The van der Waals surface area contributed by atoms with Gasteiger partial charge in [0.15, 0.2) is 11.3 Å². The van der Waals surface area contributed by atoms with Crippen LogP contribution in [-0.2, 0) is 11.3 Å². The molecule has 0 bridgehead atoms. The minimum Gasteiger partial charge on any atom is -0.307 e. The zero-order valence-corrected chi connectivity index (χ0v) is 13.5. The highest BCUT2D eigenvalue weighted by Crippen LogP contribution is 2.48. The fourth-order valence-corrected chi connectivity index (χ4v) is 3.84. The first-order valence-corrected chi connectivity index (χ1v) is 8.06. The first kappa shape index (κ1) is 15.3. The first-order chi connectivity index (χ1) is 12.1. The number of carbonyl (C=O) groups excluding carboxylic acids is 2. The third kappa shape index (κ3) is 1.91. The van der Waals surface area contributed by atoms with Gasteiger partial charge >= 0.3 is 12.1 Å². The maximum absolute atomic E-state index is 12.8. The summed E-state index contributed by atoms with van der Waals surface area (Å²) in [5.74, 6) is 0. The molecule has 0 spiro atoms. The smallest absolute Gasteiger partial charge is 0.307 e. The predicted octanol–water partition coefficient (Wildman–Crippen LogP) is 2.22. The lowest BCUT2D eigenvalue weighted by Gasteiger charge is -2.42. The van der Waals surface area contributed by atoms with E-state index in [1.165, 1.54) is 0 Å². The summed E-state index contributed by atoms with van der Waals surface area (Å²) in [5, 5.41) is 8.94. The van der Waals surface area contributed by atoms with E-state index in [-0.39, 0.29) is 18.6 Å². The van der Waals surface area contributed by atoms with Gasteiger partial charge < -0.3 is 16.0 Å². The van der Waals surface area contributed by atoms with E-state index in [9.17, 15) is 9.59 Å². The van der Waals surface area contributed by atoms with Crippen LogP contribution >= 0.6 is 0 Å². The maximum atomic E-state index is 12.8. The summed E-state index contributed by atoms with van der Waals surface area (Å²) in [6.45, 7) is 4.05. The van der Waals surface area contributed by atoms with Gasteiger partial charge in [-0.05, 0) is 0 Å². The van der Waals surface area contributed by atoms with Gasteiger partial charge in [0.25, 0.3) is 0 Å². The van der Waals surface area contributed by atoms with E-state index in [1.54, 1.807) is 11.0 Å². The van der Waals surface area contributed by atoms with Crippen molar-refractivity contribution in [1.82, 2.24) is 20.9 Å². The molecule has 2 fully saturated rings. The molecular weight excluding hydrogens is 316 g/mol. The molecule has 2 aromatic carbocycles. The highest BCUT2D eigenvalue weighted by molar-refractivity contribution is 5.89. The number of carbonyl (C=O) groups is 2. The number of nitrogens with zero attached hydrogens (tertiary/aromatic N) is 1. The Labute approximate surface area is 145 Å². The maximum Gasteiger partial charge on any atom is 0.322 e. The molecule has 2 aliphatic rings. The van der Waals surface area contributed by atoms with Crippen molar-refractivity contribution in [3.8, 4) is 0 Å². The van der Waals surface area contributed by atoms with E-state index in [1.807, 2.05) is 60.7 Å². The number of amides is 4. The van der Waals surface area contributed by atoms with Crippen molar-refractivity contribution in [2.24, 2.45) is 0 Å². The molecule has 2 atom stereocenters. The summed E-state index contributed by atoms with van der Waals surface area (Å²) in [6.07, 6.45) is 1.65. The van der Waals surface area contributed by atoms with Crippen LogP contribution in [0.4, 0.5) is 9.59 Å². The predicted molar refractivity (Wildman–Crippen MR) is 93.3 cm³/mol. The number of nitrogens with one attached hydrogen (secondary N) is 3. The minimum atomic E-state index is -1.12. The van der Waals surface area contributed by atoms with Crippen LogP contribution < -0.4 is 16.0 Å². The Kier molecular flexibility index (Phi) is 3.28. The van der Waals surface area contributed by atoms with Gasteiger partial charge in [-0.1, -0.05) is 66.7 Å². The molecule has 2 saturated heterocycles. The molecule has 4 amide bonds. The summed E-state index contributed by atoms with van der Waals surface area (Å²) in [4.78, 5) is 26.9. The van der Waals surface area contributed by atoms with Crippen LogP contribution in [-0.4, -0.2) is 23.5 Å². The highest BCUT2D eigenvalue weighted by Gasteiger charge is 2.70. The molecule has 0 aromatic heterocycles. The Balaban J connectivity index is 2.02. The molecule has 0 saturated carbocycles. The molecule has 3 N–H and O–H groups in total. The van der Waals surface area contributed by atoms with Crippen molar-refractivity contribution in [2.75, 3.05) is 6.54 Å². The summed E-state index contributed by atoms with van der Waals surface area (Å²) in [6, 6.07) is 18.3. The second-order valence-electron chi connectivity index (χ2n) is 6.10. The van der Waals surface area contributed by atoms with Crippen LogP contribution in [0.1, 0.15) is 11.1 Å². The van der Waals surface area contributed by atoms with Gasteiger partial charge in [-0.2, -0.15) is 0 Å². The van der Waals surface area contributed by atoms with Gasteiger partial charge in [-0.3, -0.25) is 4.90 Å². The molecule has 0 aliphatic carbocycles. The monoisotopic (exact) mass is 334 g/mol. The van der Waals surface area contributed by atoms with Gasteiger partial charge in [0.1, 0.15) is 0 Å².